The molecule has 0 amide bonds. The van der Waals surface area contributed by atoms with Crippen LogP contribution in [0, 0.1) is 0 Å². The second kappa shape index (κ2) is 18.3. The first-order valence-corrected chi connectivity index (χ1v) is 15.8. The van der Waals surface area contributed by atoms with E-state index in [9.17, 15) is 28.8 Å². The van der Waals surface area contributed by atoms with Crippen molar-refractivity contribution in [3.63, 3.8) is 0 Å². The molecule has 0 aliphatic carbocycles. The Morgan fingerprint density at radius 2 is 0.635 bits per heavy atom. The summed E-state index contributed by atoms with van der Waals surface area (Å²) in [5.41, 5.74) is 2.75. The molecule has 0 radical (unpaired) electrons. The van der Waals surface area contributed by atoms with Crippen molar-refractivity contribution in [2.75, 3.05) is 0 Å². The third-order valence-corrected chi connectivity index (χ3v) is 6.54. The maximum Gasteiger partial charge on any atom is 0.311 e. The lowest BCUT2D eigenvalue weighted by Gasteiger charge is -2.07. The van der Waals surface area contributed by atoms with Gasteiger partial charge in [-0.1, -0.05) is 48.6 Å². The second-order valence-electron chi connectivity index (χ2n) is 11.1. The highest BCUT2D eigenvalue weighted by Gasteiger charge is 2.12. The summed E-state index contributed by atoms with van der Waals surface area (Å²) in [5.74, 6) is -1.84. The SMILES string of the molecule is CC(=O)Oc1cc(/C=C/c2ccc(OC(=O)CCC(=O)Oc3ccc(/C=C/c4cc(OC(C)=O)cc(OC(C)=O)c4)cc3)cc2)cc(OC(C)=O)c1. The Balaban J connectivity index is 1.26. The monoisotopic (exact) mass is 706 g/mol. The molecule has 12 heteroatoms. The number of hydrogen-bond acceptors (Lipinski definition) is 12. The predicted molar refractivity (Wildman–Crippen MR) is 189 cm³/mol. The normalized spacial score (nSPS) is 10.8. The van der Waals surface area contributed by atoms with Gasteiger partial charge in [-0.2, -0.15) is 0 Å². The summed E-state index contributed by atoms with van der Waals surface area (Å²) in [6, 6.07) is 22.6. The summed E-state index contributed by atoms with van der Waals surface area (Å²) >= 11 is 0. The van der Waals surface area contributed by atoms with Crippen molar-refractivity contribution in [3.8, 4) is 34.5 Å². The molecule has 0 fully saturated rings. The standard InChI is InChI=1S/C40H34O12/c1-25(41)47-35-19-31(20-36(23-35)48-26(2)42)7-5-29-9-13-33(14-10-29)51-39(45)17-18-40(46)52-34-15-11-30(12-16-34)6-8-32-21-37(49-27(3)43)24-38(22-32)50-28(4)44/h5-16,19-24H,17-18H2,1-4H3/b7-5+,8-6+. The van der Waals surface area contributed by atoms with E-state index >= 15 is 0 Å². The fraction of sp³-hybridized carbons (Fsp3) is 0.150. The number of rotatable bonds is 13. The molecule has 0 saturated heterocycles. The molecule has 0 unspecified atom stereocenters. The molecule has 0 atom stereocenters. The van der Waals surface area contributed by atoms with E-state index in [4.69, 9.17) is 28.4 Å². The fourth-order valence-corrected chi connectivity index (χ4v) is 4.53. The van der Waals surface area contributed by atoms with Gasteiger partial charge in [0.1, 0.15) is 34.5 Å². The first kappa shape index (κ1) is 38.0. The summed E-state index contributed by atoms with van der Waals surface area (Å²) in [6.07, 6.45) is 6.59. The number of carbonyl (C=O) groups is 6. The number of benzene rings is 4. The molecule has 0 bridgehead atoms. The van der Waals surface area contributed by atoms with E-state index in [1.165, 1.54) is 39.8 Å². The van der Waals surface area contributed by atoms with Crippen LogP contribution in [0.4, 0.5) is 0 Å². The molecule has 266 valence electrons. The van der Waals surface area contributed by atoms with Gasteiger partial charge in [-0.3, -0.25) is 28.8 Å². The van der Waals surface area contributed by atoms with E-state index in [-0.39, 0.29) is 47.3 Å². The van der Waals surface area contributed by atoms with Crippen LogP contribution in [0.5, 0.6) is 34.5 Å². The molecule has 12 nitrogen and oxygen atoms in total. The topological polar surface area (TPSA) is 158 Å². The zero-order valence-corrected chi connectivity index (χ0v) is 28.7. The molecular formula is C40H34O12. The minimum atomic E-state index is -0.615. The lowest BCUT2D eigenvalue weighted by Crippen LogP contribution is -2.14. The van der Waals surface area contributed by atoms with Crippen LogP contribution >= 0.6 is 0 Å². The Morgan fingerprint density at radius 1 is 0.365 bits per heavy atom. The van der Waals surface area contributed by atoms with E-state index < -0.39 is 35.8 Å². The average molecular weight is 707 g/mol. The van der Waals surface area contributed by atoms with Gasteiger partial charge in [0.15, 0.2) is 0 Å². The lowest BCUT2D eigenvalue weighted by molar-refractivity contribution is -0.140. The summed E-state index contributed by atoms with van der Waals surface area (Å²) in [4.78, 5) is 70.3. The van der Waals surface area contributed by atoms with Crippen LogP contribution < -0.4 is 28.4 Å². The van der Waals surface area contributed by atoms with Crippen LogP contribution in [0.1, 0.15) is 62.8 Å². The predicted octanol–water partition coefficient (Wildman–Crippen LogP) is 7.02. The van der Waals surface area contributed by atoms with Gasteiger partial charge in [0, 0.05) is 39.8 Å². The van der Waals surface area contributed by atoms with Gasteiger partial charge >= 0.3 is 35.8 Å². The van der Waals surface area contributed by atoms with Crippen molar-refractivity contribution in [3.05, 3.63) is 107 Å². The maximum atomic E-state index is 12.4. The first-order chi connectivity index (χ1) is 24.8. The number of hydrogen-bond donors (Lipinski definition) is 0. The molecule has 0 aromatic heterocycles. The van der Waals surface area contributed by atoms with Gasteiger partial charge in [-0.25, -0.2) is 0 Å². The van der Waals surface area contributed by atoms with E-state index in [0.29, 0.717) is 11.1 Å². The summed E-state index contributed by atoms with van der Waals surface area (Å²) in [5, 5.41) is 0. The van der Waals surface area contributed by atoms with Crippen molar-refractivity contribution >= 4 is 60.1 Å². The van der Waals surface area contributed by atoms with Crippen molar-refractivity contribution in [2.24, 2.45) is 0 Å². The van der Waals surface area contributed by atoms with Crippen LogP contribution in [0.2, 0.25) is 0 Å². The van der Waals surface area contributed by atoms with Crippen LogP contribution in [-0.2, 0) is 28.8 Å². The molecule has 52 heavy (non-hydrogen) atoms. The molecule has 0 N–H and O–H groups in total. The Kier molecular flexibility index (Phi) is 13.3. The zero-order valence-electron chi connectivity index (χ0n) is 28.7. The second-order valence-corrected chi connectivity index (χ2v) is 11.1. The summed E-state index contributed by atoms with van der Waals surface area (Å²) in [7, 11) is 0. The molecule has 0 aliphatic rings. The lowest BCUT2D eigenvalue weighted by atomic mass is 10.1. The molecule has 4 rings (SSSR count). The minimum absolute atomic E-state index is 0.202. The molecule has 0 heterocycles. The minimum Gasteiger partial charge on any atom is -0.427 e. The Labute approximate surface area is 299 Å². The summed E-state index contributed by atoms with van der Waals surface area (Å²) < 4.78 is 31.2. The summed E-state index contributed by atoms with van der Waals surface area (Å²) in [6.45, 7) is 5.06. The van der Waals surface area contributed by atoms with Crippen LogP contribution in [-0.4, -0.2) is 35.8 Å². The average Bonchev–Trinajstić information content (AvgIpc) is 3.05. The van der Waals surface area contributed by atoms with E-state index in [0.717, 1.165) is 11.1 Å². The number of ether oxygens (including phenoxy) is 6. The Bertz CT molecular complexity index is 1810. The fourth-order valence-electron chi connectivity index (χ4n) is 4.53. The highest BCUT2D eigenvalue weighted by atomic mass is 16.6. The van der Waals surface area contributed by atoms with Gasteiger partial charge in [-0.05, 0) is 70.8 Å². The van der Waals surface area contributed by atoms with Gasteiger partial charge in [-0.15, -0.1) is 0 Å². The quantitative estimate of drug-likeness (QED) is 0.0796. The Hall–Kier alpha value is -6.82. The Morgan fingerprint density at radius 3 is 0.904 bits per heavy atom. The first-order valence-electron chi connectivity index (χ1n) is 15.8. The van der Waals surface area contributed by atoms with Crippen molar-refractivity contribution < 1.29 is 57.2 Å². The van der Waals surface area contributed by atoms with E-state index in [1.54, 1.807) is 97.1 Å². The van der Waals surface area contributed by atoms with Gasteiger partial charge in [0.25, 0.3) is 0 Å². The van der Waals surface area contributed by atoms with Gasteiger partial charge in [0.05, 0.1) is 12.8 Å². The third kappa shape index (κ3) is 13.2. The van der Waals surface area contributed by atoms with Gasteiger partial charge < -0.3 is 28.4 Å². The maximum absolute atomic E-state index is 12.4. The molecule has 4 aromatic carbocycles. The molecule has 0 saturated carbocycles. The van der Waals surface area contributed by atoms with E-state index in [1.807, 2.05) is 0 Å². The largest absolute Gasteiger partial charge is 0.427 e. The highest BCUT2D eigenvalue weighted by molar-refractivity contribution is 5.81. The number of esters is 6. The highest BCUT2D eigenvalue weighted by Crippen LogP contribution is 2.27. The van der Waals surface area contributed by atoms with E-state index in [2.05, 4.69) is 0 Å². The van der Waals surface area contributed by atoms with Crippen molar-refractivity contribution in [1.82, 2.24) is 0 Å². The van der Waals surface area contributed by atoms with Crippen LogP contribution in [0.15, 0.2) is 84.9 Å². The molecule has 0 aliphatic heterocycles. The van der Waals surface area contributed by atoms with Crippen molar-refractivity contribution in [2.45, 2.75) is 40.5 Å². The molecule has 4 aromatic rings. The third-order valence-electron chi connectivity index (χ3n) is 6.54. The zero-order chi connectivity index (χ0) is 37.6. The molecular weight excluding hydrogens is 672 g/mol. The van der Waals surface area contributed by atoms with Crippen LogP contribution in [0.3, 0.4) is 0 Å². The smallest absolute Gasteiger partial charge is 0.311 e. The van der Waals surface area contributed by atoms with Gasteiger partial charge in [0.2, 0.25) is 0 Å². The van der Waals surface area contributed by atoms with Crippen molar-refractivity contribution in [1.29, 1.82) is 0 Å². The molecule has 0 spiro atoms. The van der Waals surface area contributed by atoms with Crippen LogP contribution in [0.25, 0.3) is 24.3 Å². The number of carbonyl (C=O) groups excluding carboxylic acids is 6.